The Morgan fingerprint density at radius 2 is 2.38 bits per heavy atom. The van der Waals surface area contributed by atoms with Crippen LogP contribution < -0.4 is 10.1 Å². The number of aliphatic hydroxyl groups is 1. The highest BCUT2D eigenvalue weighted by Gasteiger charge is 2.27. The number of nitrogens with zero attached hydrogens (tertiary/aromatic N) is 1. The Hall–Kier alpha value is -1.50. The van der Waals surface area contributed by atoms with E-state index in [1.165, 1.54) is 7.11 Å². The first-order valence-corrected chi connectivity index (χ1v) is 7.05. The molecule has 0 unspecified atom stereocenters. The second-order valence-corrected chi connectivity index (χ2v) is 5.24. The van der Waals surface area contributed by atoms with E-state index in [2.05, 4.69) is 5.32 Å². The molecule has 1 aromatic carbocycles. The molecule has 1 aliphatic heterocycles. The average Bonchev–Trinajstić information content (AvgIpc) is 2.50. The number of aliphatic hydroxyl groups excluding tert-OH is 1. The summed E-state index contributed by atoms with van der Waals surface area (Å²) in [5.74, 6) is 0.493. The lowest BCUT2D eigenvalue weighted by molar-refractivity contribution is -0.00485. The van der Waals surface area contributed by atoms with E-state index < -0.39 is 0 Å². The van der Waals surface area contributed by atoms with Gasteiger partial charge in [0.05, 0.1) is 38.7 Å². The maximum Gasteiger partial charge on any atom is 0.322 e. The minimum Gasteiger partial charge on any atom is -0.495 e. The molecular weight excluding hydrogens is 296 g/mol. The van der Waals surface area contributed by atoms with Gasteiger partial charge in [-0.25, -0.2) is 4.79 Å². The van der Waals surface area contributed by atoms with E-state index in [1.54, 1.807) is 17.0 Å². The first kappa shape index (κ1) is 15.9. The number of rotatable bonds is 3. The van der Waals surface area contributed by atoms with Crippen LogP contribution in [0, 0.1) is 6.92 Å². The molecule has 0 spiro atoms. The highest BCUT2D eigenvalue weighted by molar-refractivity contribution is 6.31. The number of hydrogen-bond donors (Lipinski definition) is 2. The van der Waals surface area contributed by atoms with Crippen LogP contribution in [0.2, 0.25) is 5.02 Å². The molecule has 0 aromatic heterocycles. The number of urea groups is 1. The van der Waals surface area contributed by atoms with Crippen molar-refractivity contribution in [1.29, 1.82) is 0 Å². The predicted octanol–water partition coefficient (Wildman–Crippen LogP) is 1.88. The third kappa shape index (κ3) is 3.58. The number of benzene rings is 1. The fourth-order valence-corrected chi connectivity index (χ4v) is 2.34. The summed E-state index contributed by atoms with van der Waals surface area (Å²) >= 11 is 6.04. The number of nitrogens with one attached hydrogen (secondary N) is 1. The molecule has 1 aromatic rings. The molecule has 7 heteroatoms. The Morgan fingerprint density at radius 3 is 3.05 bits per heavy atom. The molecule has 1 atom stereocenters. The summed E-state index contributed by atoms with van der Waals surface area (Å²) < 4.78 is 10.5. The number of aryl methyl sites for hydroxylation is 1. The van der Waals surface area contributed by atoms with Crippen LogP contribution in [0.3, 0.4) is 0 Å². The van der Waals surface area contributed by atoms with Gasteiger partial charge < -0.3 is 24.8 Å². The number of carbonyl (C=O) groups excluding carboxylic acids is 1. The van der Waals surface area contributed by atoms with Crippen LogP contribution >= 0.6 is 11.6 Å². The second kappa shape index (κ2) is 6.98. The van der Waals surface area contributed by atoms with Crippen molar-refractivity contribution >= 4 is 23.3 Å². The van der Waals surface area contributed by atoms with Crippen LogP contribution in [0.5, 0.6) is 5.75 Å². The Kier molecular flexibility index (Phi) is 5.27. The van der Waals surface area contributed by atoms with Gasteiger partial charge in [0.1, 0.15) is 5.75 Å². The quantitative estimate of drug-likeness (QED) is 0.893. The zero-order chi connectivity index (χ0) is 15.4. The van der Waals surface area contributed by atoms with Crippen LogP contribution in [0.1, 0.15) is 5.56 Å². The lowest BCUT2D eigenvalue weighted by Crippen LogP contribution is -2.52. The smallest absolute Gasteiger partial charge is 0.322 e. The molecule has 2 N–H and O–H groups in total. The monoisotopic (exact) mass is 314 g/mol. The van der Waals surface area contributed by atoms with Gasteiger partial charge in [0.2, 0.25) is 0 Å². The summed E-state index contributed by atoms with van der Waals surface area (Å²) in [5.41, 5.74) is 1.39. The Balaban J connectivity index is 2.17. The average molecular weight is 315 g/mol. The van der Waals surface area contributed by atoms with Gasteiger partial charge in [0.15, 0.2) is 0 Å². The molecular formula is C14H19ClN2O4. The number of hydrogen-bond acceptors (Lipinski definition) is 4. The molecule has 0 bridgehead atoms. The zero-order valence-electron chi connectivity index (χ0n) is 12.1. The van der Waals surface area contributed by atoms with Crippen LogP contribution in [0.15, 0.2) is 12.1 Å². The van der Waals surface area contributed by atoms with Gasteiger partial charge in [-0.3, -0.25) is 0 Å². The summed E-state index contributed by atoms with van der Waals surface area (Å²) in [6.07, 6.45) is 0. The molecule has 2 amide bonds. The molecule has 1 saturated heterocycles. The van der Waals surface area contributed by atoms with E-state index in [4.69, 9.17) is 21.1 Å². The second-order valence-electron chi connectivity index (χ2n) is 4.84. The van der Waals surface area contributed by atoms with E-state index in [0.29, 0.717) is 36.2 Å². The number of halogens is 1. The van der Waals surface area contributed by atoms with Gasteiger partial charge >= 0.3 is 6.03 Å². The van der Waals surface area contributed by atoms with E-state index in [-0.39, 0.29) is 18.7 Å². The Morgan fingerprint density at radius 1 is 1.62 bits per heavy atom. The number of morpholine rings is 1. The number of methoxy groups -OCH3 is 1. The first-order valence-electron chi connectivity index (χ1n) is 6.67. The minimum atomic E-state index is -0.335. The van der Waals surface area contributed by atoms with E-state index in [0.717, 1.165) is 5.56 Å². The van der Waals surface area contributed by atoms with Gasteiger partial charge in [0, 0.05) is 17.6 Å². The number of anilines is 1. The molecule has 1 aliphatic rings. The minimum absolute atomic E-state index is 0.135. The largest absolute Gasteiger partial charge is 0.495 e. The van der Waals surface area contributed by atoms with Crippen LogP contribution in [0.4, 0.5) is 10.5 Å². The predicted molar refractivity (Wildman–Crippen MR) is 80.2 cm³/mol. The summed E-state index contributed by atoms with van der Waals surface area (Å²) in [6.45, 7) is 2.94. The van der Waals surface area contributed by atoms with Crippen molar-refractivity contribution in [2.75, 3.05) is 38.8 Å². The van der Waals surface area contributed by atoms with Crippen molar-refractivity contribution < 1.29 is 19.4 Å². The highest BCUT2D eigenvalue weighted by atomic mass is 35.5. The number of amides is 2. The van der Waals surface area contributed by atoms with Gasteiger partial charge in [-0.05, 0) is 18.6 Å². The number of carbonyl (C=O) groups is 1. The summed E-state index contributed by atoms with van der Waals surface area (Å²) in [7, 11) is 1.52. The molecule has 21 heavy (non-hydrogen) atoms. The van der Waals surface area contributed by atoms with E-state index >= 15 is 0 Å². The van der Waals surface area contributed by atoms with Crippen molar-refractivity contribution in [2.24, 2.45) is 0 Å². The molecule has 0 aliphatic carbocycles. The van der Waals surface area contributed by atoms with Gasteiger partial charge in [-0.2, -0.15) is 0 Å². The molecule has 116 valence electrons. The maximum absolute atomic E-state index is 12.4. The molecule has 1 heterocycles. The van der Waals surface area contributed by atoms with Crippen LogP contribution in [0.25, 0.3) is 0 Å². The third-order valence-corrected chi connectivity index (χ3v) is 3.83. The van der Waals surface area contributed by atoms with Crippen LogP contribution in [-0.4, -0.2) is 55.6 Å². The topological polar surface area (TPSA) is 71.0 Å². The van der Waals surface area contributed by atoms with E-state index in [9.17, 15) is 9.90 Å². The molecule has 2 rings (SSSR count). The van der Waals surface area contributed by atoms with Crippen LogP contribution in [-0.2, 0) is 4.74 Å². The molecule has 0 saturated carbocycles. The molecule has 0 radical (unpaired) electrons. The van der Waals surface area contributed by atoms with Crippen molar-refractivity contribution in [2.45, 2.75) is 13.0 Å². The zero-order valence-corrected chi connectivity index (χ0v) is 12.8. The lowest BCUT2D eigenvalue weighted by atomic mass is 10.2. The van der Waals surface area contributed by atoms with Gasteiger partial charge in [-0.1, -0.05) is 11.6 Å². The van der Waals surface area contributed by atoms with Crippen molar-refractivity contribution in [1.82, 2.24) is 4.90 Å². The highest BCUT2D eigenvalue weighted by Crippen LogP contribution is 2.31. The Labute approximate surface area is 128 Å². The normalized spacial score (nSPS) is 18.5. The SMILES string of the molecule is COc1cc(Cl)c(C)cc1NC(=O)N1CCOC[C@@H]1CO. The fraction of sp³-hybridized carbons (Fsp3) is 0.500. The molecule has 6 nitrogen and oxygen atoms in total. The summed E-state index contributed by atoms with van der Waals surface area (Å²) in [5, 5.41) is 12.7. The van der Waals surface area contributed by atoms with Crippen molar-refractivity contribution in [3.8, 4) is 5.75 Å². The number of ether oxygens (including phenoxy) is 2. The third-order valence-electron chi connectivity index (χ3n) is 3.42. The maximum atomic E-state index is 12.4. The van der Waals surface area contributed by atoms with Crippen molar-refractivity contribution in [3.05, 3.63) is 22.7 Å². The van der Waals surface area contributed by atoms with Gasteiger partial charge in [0.25, 0.3) is 0 Å². The lowest BCUT2D eigenvalue weighted by Gasteiger charge is -2.34. The summed E-state index contributed by atoms with van der Waals surface area (Å²) in [4.78, 5) is 13.9. The Bertz CT molecular complexity index is 524. The summed E-state index contributed by atoms with van der Waals surface area (Å²) in [6, 6.07) is 2.79. The van der Waals surface area contributed by atoms with Gasteiger partial charge in [-0.15, -0.1) is 0 Å². The van der Waals surface area contributed by atoms with Crippen molar-refractivity contribution in [3.63, 3.8) is 0 Å². The van der Waals surface area contributed by atoms with E-state index in [1.807, 2.05) is 6.92 Å². The molecule has 1 fully saturated rings. The first-order chi connectivity index (χ1) is 10.1. The fourth-order valence-electron chi connectivity index (χ4n) is 2.19. The standard InChI is InChI=1S/C14H19ClN2O4/c1-9-5-12(13(20-2)6-11(9)15)16-14(19)17-3-4-21-8-10(17)7-18/h5-6,10,18H,3-4,7-8H2,1-2H3,(H,16,19)/t10-/m0/s1.